The number of amides is 2. The van der Waals surface area contributed by atoms with Crippen molar-refractivity contribution in [3.63, 3.8) is 0 Å². The van der Waals surface area contributed by atoms with Gasteiger partial charge in [0.25, 0.3) is 5.91 Å². The second-order valence-corrected chi connectivity index (χ2v) is 5.06. The third-order valence-corrected chi connectivity index (χ3v) is 3.40. The second kappa shape index (κ2) is 6.51. The van der Waals surface area contributed by atoms with E-state index in [4.69, 9.17) is 9.15 Å². The zero-order valence-electron chi connectivity index (χ0n) is 12.3. The average molecular weight is 318 g/mol. The maximum absolute atomic E-state index is 13.5. The molecule has 2 heterocycles. The van der Waals surface area contributed by atoms with E-state index in [0.29, 0.717) is 18.8 Å². The van der Waals surface area contributed by atoms with Gasteiger partial charge in [-0.05, 0) is 24.3 Å². The first-order valence-electron chi connectivity index (χ1n) is 7.15. The van der Waals surface area contributed by atoms with Crippen LogP contribution in [0.2, 0.25) is 0 Å². The Morgan fingerprint density at radius 1 is 1.30 bits per heavy atom. The summed E-state index contributed by atoms with van der Waals surface area (Å²) < 4.78 is 24.2. The summed E-state index contributed by atoms with van der Waals surface area (Å²) in [4.78, 5) is 25.0. The van der Waals surface area contributed by atoms with Crippen molar-refractivity contribution in [1.29, 1.82) is 0 Å². The first kappa shape index (κ1) is 15.1. The number of rotatable bonds is 4. The Morgan fingerprint density at radius 2 is 2.13 bits per heavy atom. The van der Waals surface area contributed by atoms with Crippen molar-refractivity contribution in [3.8, 4) is 5.75 Å². The summed E-state index contributed by atoms with van der Waals surface area (Å²) in [5, 5.41) is 2.65. The van der Waals surface area contributed by atoms with E-state index < -0.39 is 5.82 Å². The van der Waals surface area contributed by atoms with Crippen LogP contribution in [0.1, 0.15) is 16.3 Å². The fraction of sp³-hybridized carbons (Fsp3) is 0.250. The average Bonchev–Trinajstić information content (AvgIpc) is 3.02. The van der Waals surface area contributed by atoms with Crippen molar-refractivity contribution in [1.82, 2.24) is 10.2 Å². The number of para-hydroxylation sites is 1. The van der Waals surface area contributed by atoms with Crippen LogP contribution in [0.15, 0.2) is 40.8 Å². The Morgan fingerprint density at radius 3 is 2.91 bits per heavy atom. The molecule has 2 aromatic rings. The van der Waals surface area contributed by atoms with Gasteiger partial charge in [-0.1, -0.05) is 12.1 Å². The third kappa shape index (κ3) is 3.50. The quantitative estimate of drug-likeness (QED) is 0.929. The van der Waals surface area contributed by atoms with Crippen molar-refractivity contribution in [3.05, 3.63) is 53.7 Å². The number of hydrogen-bond acceptors (Lipinski definition) is 4. The highest BCUT2D eigenvalue weighted by molar-refractivity contribution is 5.94. The lowest BCUT2D eigenvalue weighted by atomic mass is 10.3. The Bertz CT molecular complexity index is 728. The topological polar surface area (TPSA) is 71.8 Å². The van der Waals surface area contributed by atoms with Gasteiger partial charge in [-0.3, -0.25) is 9.59 Å². The van der Waals surface area contributed by atoms with Gasteiger partial charge in [-0.15, -0.1) is 0 Å². The number of benzene rings is 1. The number of ether oxygens (including phenoxy) is 1. The number of carbonyl (C=O) groups is 2. The molecule has 7 heteroatoms. The zero-order valence-corrected chi connectivity index (χ0v) is 12.3. The van der Waals surface area contributed by atoms with E-state index in [1.165, 1.54) is 23.1 Å². The van der Waals surface area contributed by atoms with Crippen LogP contribution in [0.5, 0.6) is 5.75 Å². The van der Waals surface area contributed by atoms with Gasteiger partial charge in [0.15, 0.2) is 17.3 Å². The van der Waals surface area contributed by atoms with E-state index in [1.54, 1.807) is 18.2 Å². The molecule has 2 amide bonds. The summed E-state index contributed by atoms with van der Waals surface area (Å²) in [5.74, 6) is -0.361. The molecule has 0 bridgehead atoms. The number of carbonyl (C=O) groups excluding carboxylic acids is 2. The SMILES string of the molecule is O=C1CN(C(=O)c2ccc(COc3ccccc3F)o2)CCN1. The number of piperazine rings is 1. The van der Waals surface area contributed by atoms with Crippen molar-refractivity contribution < 1.29 is 23.1 Å². The molecule has 1 saturated heterocycles. The van der Waals surface area contributed by atoms with Gasteiger partial charge >= 0.3 is 0 Å². The summed E-state index contributed by atoms with van der Waals surface area (Å²) >= 11 is 0. The molecule has 0 unspecified atom stereocenters. The first-order chi connectivity index (χ1) is 11.1. The van der Waals surface area contributed by atoms with Crippen molar-refractivity contribution in [2.45, 2.75) is 6.61 Å². The lowest BCUT2D eigenvalue weighted by Gasteiger charge is -2.25. The number of furan rings is 1. The number of nitrogens with zero attached hydrogens (tertiary/aromatic N) is 1. The van der Waals surface area contributed by atoms with Crippen LogP contribution in [-0.2, 0) is 11.4 Å². The molecule has 0 aliphatic carbocycles. The molecule has 3 rings (SSSR count). The zero-order chi connectivity index (χ0) is 16.2. The Balaban J connectivity index is 1.62. The number of nitrogens with one attached hydrogen (secondary N) is 1. The molecule has 1 aliphatic heterocycles. The highest BCUT2D eigenvalue weighted by Gasteiger charge is 2.24. The molecule has 1 fully saturated rings. The van der Waals surface area contributed by atoms with E-state index >= 15 is 0 Å². The van der Waals surface area contributed by atoms with Crippen molar-refractivity contribution in [2.75, 3.05) is 19.6 Å². The molecule has 1 N–H and O–H groups in total. The van der Waals surface area contributed by atoms with Crippen LogP contribution < -0.4 is 10.1 Å². The van der Waals surface area contributed by atoms with Crippen molar-refractivity contribution >= 4 is 11.8 Å². The van der Waals surface area contributed by atoms with Gasteiger partial charge in [-0.25, -0.2) is 4.39 Å². The summed E-state index contributed by atoms with van der Waals surface area (Å²) in [6.07, 6.45) is 0. The van der Waals surface area contributed by atoms with Crippen LogP contribution >= 0.6 is 0 Å². The maximum atomic E-state index is 13.5. The molecule has 0 atom stereocenters. The highest BCUT2D eigenvalue weighted by Crippen LogP contribution is 2.18. The van der Waals surface area contributed by atoms with Crippen molar-refractivity contribution in [2.24, 2.45) is 0 Å². The lowest BCUT2D eigenvalue weighted by Crippen LogP contribution is -2.49. The van der Waals surface area contributed by atoms with Gasteiger partial charge in [-0.2, -0.15) is 0 Å². The van der Waals surface area contributed by atoms with Gasteiger partial charge in [0.1, 0.15) is 18.9 Å². The molecule has 0 radical (unpaired) electrons. The molecule has 1 aromatic carbocycles. The number of hydrogen-bond donors (Lipinski definition) is 1. The monoisotopic (exact) mass is 318 g/mol. The Kier molecular flexibility index (Phi) is 4.27. The smallest absolute Gasteiger partial charge is 0.290 e. The molecule has 1 aliphatic rings. The lowest BCUT2D eigenvalue weighted by molar-refractivity contribution is -0.123. The highest BCUT2D eigenvalue weighted by atomic mass is 19.1. The molecular weight excluding hydrogens is 303 g/mol. The minimum absolute atomic E-state index is 0.00863. The second-order valence-electron chi connectivity index (χ2n) is 5.06. The van der Waals surface area contributed by atoms with E-state index in [-0.39, 0.29) is 36.5 Å². The minimum atomic E-state index is -0.463. The molecule has 0 spiro atoms. The molecule has 0 saturated carbocycles. The largest absolute Gasteiger partial charge is 0.483 e. The van der Waals surface area contributed by atoms with Gasteiger partial charge in [0, 0.05) is 13.1 Å². The predicted molar refractivity (Wildman–Crippen MR) is 78.4 cm³/mol. The minimum Gasteiger partial charge on any atom is -0.483 e. The van der Waals surface area contributed by atoms with E-state index in [9.17, 15) is 14.0 Å². The molecular formula is C16H15FN2O4. The summed E-state index contributed by atoms with van der Waals surface area (Å²) in [7, 11) is 0. The van der Waals surface area contributed by atoms with E-state index in [0.717, 1.165) is 0 Å². The molecule has 6 nitrogen and oxygen atoms in total. The fourth-order valence-corrected chi connectivity index (χ4v) is 2.25. The van der Waals surface area contributed by atoms with Gasteiger partial charge < -0.3 is 19.4 Å². The van der Waals surface area contributed by atoms with Crippen LogP contribution in [0.4, 0.5) is 4.39 Å². The van der Waals surface area contributed by atoms with E-state index in [1.807, 2.05) is 0 Å². The molecule has 120 valence electrons. The summed E-state index contributed by atoms with van der Waals surface area (Å²) in [5.41, 5.74) is 0. The summed E-state index contributed by atoms with van der Waals surface area (Å²) in [6.45, 7) is 0.885. The Labute approximate surface area is 131 Å². The molecule has 1 aromatic heterocycles. The third-order valence-electron chi connectivity index (χ3n) is 3.40. The van der Waals surface area contributed by atoms with Crippen LogP contribution in [0, 0.1) is 5.82 Å². The number of halogens is 1. The Hall–Kier alpha value is -2.83. The summed E-state index contributed by atoms with van der Waals surface area (Å²) in [6, 6.07) is 9.16. The van der Waals surface area contributed by atoms with Gasteiger partial charge in [0.2, 0.25) is 5.91 Å². The normalized spacial score (nSPS) is 14.5. The van der Waals surface area contributed by atoms with Gasteiger partial charge in [0.05, 0.1) is 0 Å². The molecule has 23 heavy (non-hydrogen) atoms. The van der Waals surface area contributed by atoms with Crippen LogP contribution in [-0.4, -0.2) is 36.3 Å². The van der Waals surface area contributed by atoms with E-state index in [2.05, 4.69) is 5.32 Å². The standard InChI is InChI=1S/C16H15FN2O4/c17-12-3-1-2-4-13(12)22-10-11-5-6-14(23-11)16(21)19-8-7-18-15(20)9-19/h1-6H,7-10H2,(H,18,20). The first-order valence-corrected chi connectivity index (χ1v) is 7.15. The fourth-order valence-electron chi connectivity index (χ4n) is 2.25. The van der Waals surface area contributed by atoms with Crippen LogP contribution in [0.3, 0.4) is 0 Å². The van der Waals surface area contributed by atoms with Crippen LogP contribution in [0.25, 0.3) is 0 Å². The predicted octanol–water partition coefficient (Wildman–Crippen LogP) is 1.57. The maximum Gasteiger partial charge on any atom is 0.290 e.